The second kappa shape index (κ2) is 6.63. The molecule has 4 heteroatoms. The van der Waals surface area contributed by atoms with Crippen LogP contribution in [0, 0.1) is 12.8 Å². The van der Waals surface area contributed by atoms with Crippen molar-refractivity contribution in [1.29, 1.82) is 0 Å². The Morgan fingerprint density at radius 1 is 1.20 bits per heavy atom. The zero-order valence-corrected chi connectivity index (χ0v) is 14.3. The summed E-state index contributed by atoms with van der Waals surface area (Å²) in [6.45, 7) is 3.33. The zero-order valence-electron chi connectivity index (χ0n) is 14.3. The maximum Gasteiger partial charge on any atom is 0.224 e. The lowest BCUT2D eigenvalue weighted by molar-refractivity contribution is -0.120. The Bertz CT molecular complexity index is 913. The van der Waals surface area contributed by atoms with Gasteiger partial charge in [0.15, 0.2) is 0 Å². The standard InChI is InChI=1S/C21H22N2O2/c1-14-18(17-7-3-4-8-19(17)23-14)11-21(24)22-12-15-10-16-6-2-5-9-20(16)25-13-15/h2-9,15,23H,10-13H2,1H3,(H,22,24)/t15-/m0/s1. The number of nitrogens with one attached hydrogen (secondary N) is 2. The molecule has 2 heterocycles. The first kappa shape index (κ1) is 15.8. The second-order valence-electron chi connectivity index (χ2n) is 6.74. The molecule has 1 aliphatic rings. The molecule has 0 bridgehead atoms. The number of ether oxygens (including phenoxy) is 1. The van der Waals surface area contributed by atoms with Crippen LogP contribution in [-0.2, 0) is 17.6 Å². The van der Waals surface area contributed by atoms with Crippen molar-refractivity contribution >= 4 is 16.8 Å². The lowest BCUT2D eigenvalue weighted by Crippen LogP contribution is -2.35. The summed E-state index contributed by atoms with van der Waals surface area (Å²) in [6, 6.07) is 16.2. The van der Waals surface area contributed by atoms with Gasteiger partial charge in [-0.3, -0.25) is 4.79 Å². The number of fused-ring (bicyclic) bond motifs is 2. The summed E-state index contributed by atoms with van der Waals surface area (Å²) >= 11 is 0. The molecule has 3 aromatic rings. The van der Waals surface area contributed by atoms with E-state index in [2.05, 4.69) is 22.4 Å². The molecular formula is C21H22N2O2. The van der Waals surface area contributed by atoms with Crippen molar-refractivity contribution in [2.45, 2.75) is 19.8 Å². The molecule has 1 aromatic heterocycles. The van der Waals surface area contributed by atoms with E-state index in [4.69, 9.17) is 4.74 Å². The van der Waals surface area contributed by atoms with Gasteiger partial charge in [-0.2, -0.15) is 0 Å². The Hall–Kier alpha value is -2.75. The maximum absolute atomic E-state index is 12.4. The van der Waals surface area contributed by atoms with Gasteiger partial charge in [0.2, 0.25) is 5.91 Å². The monoisotopic (exact) mass is 334 g/mol. The number of hydrogen-bond donors (Lipinski definition) is 2. The molecule has 0 spiro atoms. The number of carbonyl (C=O) groups excluding carboxylic acids is 1. The molecule has 0 radical (unpaired) electrons. The third-order valence-corrected chi connectivity index (χ3v) is 4.91. The molecule has 0 unspecified atom stereocenters. The minimum Gasteiger partial charge on any atom is -0.493 e. The Morgan fingerprint density at radius 2 is 2.00 bits per heavy atom. The Labute approximate surface area is 147 Å². The predicted octanol–water partition coefficient (Wildman–Crippen LogP) is 3.39. The smallest absolute Gasteiger partial charge is 0.224 e. The fourth-order valence-electron chi connectivity index (χ4n) is 3.57. The van der Waals surface area contributed by atoms with E-state index in [0.717, 1.165) is 34.3 Å². The highest BCUT2D eigenvalue weighted by Crippen LogP contribution is 2.26. The average molecular weight is 334 g/mol. The number of amides is 1. The van der Waals surface area contributed by atoms with Crippen LogP contribution in [0.2, 0.25) is 0 Å². The SMILES string of the molecule is Cc1[nH]c2ccccc2c1CC(=O)NC[C@H]1COc2ccccc2C1. The highest BCUT2D eigenvalue weighted by Gasteiger charge is 2.20. The molecule has 1 atom stereocenters. The van der Waals surface area contributed by atoms with E-state index in [0.29, 0.717) is 25.5 Å². The van der Waals surface area contributed by atoms with Crippen molar-refractivity contribution in [2.24, 2.45) is 5.92 Å². The zero-order chi connectivity index (χ0) is 17.2. The van der Waals surface area contributed by atoms with E-state index in [-0.39, 0.29) is 5.91 Å². The number of hydrogen-bond acceptors (Lipinski definition) is 2. The molecular weight excluding hydrogens is 312 g/mol. The average Bonchev–Trinajstić information content (AvgIpc) is 2.95. The van der Waals surface area contributed by atoms with Crippen molar-refractivity contribution in [3.63, 3.8) is 0 Å². The quantitative estimate of drug-likeness (QED) is 0.768. The Morgan fingerprint density at radius 3 is 2.92 bits per heavy atom. The first-order valence-electron chi connectivity index (χ1n) is 8.74. The highest BCUT2D eigenvalue weighted by atomic mass is 16.5. The molecule has 128 valence electrons. The number of carbonyl (C=O) groups is 1. The Kier molecular flexibility index (Phi) is 4.18. The van der Waals surface area contributed by atoms with Gasteiger partial charge in [-0.15, -0.1) is 0 Å². The van der Waals surface area contributed by atoms with Crippen LogP contribution >= 0.6 is 0 Å². The first-order chi connectivity index (χ1) is 12.2. The van der Waals surface area contributed by atoms with Crippen LogP contribution in [0.3, 0.4) is 0 Å². The summed E-state index contributed by atoms with van der Waals surface area (Å²) in [5.74, 6) is 1.36. The summed E-state index contributed by atoms with van der Waals surface area (Å²) < 4.78 is 5.79. The number of aromatic amines is 1. The lowest BCUT2D eigenvalue weighted by Gasteiger charge is -2.25. The molecule has 4 rings (SSSR count). The fourth-order valence-corrected chi connectivity index (χ4v) is 3.57. The van der Waals surface area contributed by atoms with E-state index >= 15 is 0 Å². The van der Waals surface area contributed by atoms with Crippen LogP contribution in [-0.4, -0.2) is 24.0 Å². The summed E-state index contributed by atoms with van der Waals surface area (Å²) in [5, 5.41) is 4.21. The van der Waals surface area contributed by atoms with Crippen molar-refractivity contribution < 1.29 is 9.53 Å². The molecule has 25 heavy (non-hydrogen) atoms. The maximum atomic E-state index is 12.4. The van der Waals surface area contributed by atoms with Gasteiger partial charge in [0, 0.05) is 29.1 Å². The van der Waals surface area contributed by atoms with Gasteiger partial charge in [-0.1, -0.05) is 36.4 Å². The minimum absolute atomic E-state index is 0.0618. The summed E-state index contributed by atoms with van der Waals surface area (Å²) in [7, 11) is 0. The second-order valence-corrected chi connectivity index (χ2v) is 6.74. The molecule has 1 aliphatic heterocycles. The van der Waals surface area contributed by atoms with Crippen LogP contribution in [0.4, 0.5) is 0 Å². The van der Waals surface area contributed by atoms with E-state index < -0.39 is 0 Å². The van der Waals surface area contributed by atoms with Gasteiger partial charge in [0.25, 0.3) is 0 Å². The molecule has 2 aromatic carbocycles. The molecule has 0 saturated carbocycles. The van der Waals surface area contributed by atoms with Gasteiger partial charge in [0.1, 0.15) is 5.75 Å². The number of para-hydroxylation sites is 2. The fraction of sp³-hybridized carbons (Fsp3) is 0.286. The van der Waals surface area contributed by atoms with Crippen molar-refractivity contribution in [1.82, 2.24) is 10.3 Å². The predicted molar refractivity (Wildman–Crippen MR) is 98.9 cm³/mol. The van der Waals surface area contributed by atoms with Crippen LogP contribution in [0.5, 0.6) is 5.75 Å². The largest absolute Gasteiger partial charge is 0.493 e. The van der Waals surface area contributed by atoms with Crippen molar-refractivity contribution in [2.75, 3.05) is 13.2 Å². The van der Waals surface area contributed by atoms with Gasteiger partial charge in [-0.25, -0.2) is 0 Å². The van der Waals surface area contributed by atoms with Crippen LogP contribution < -0.4 is 10.1 Å². The summed E-state index contributed by atoms with van der Waals surface area (Å²) in [6.07, 6.45) is 1.35. The Balaban J connectivity index is 1.38. The van der Waals surface area contributed by atoms with Crippen molar-refractivity contribution in [3.8, 4) is 5.75 Å². The molecule has 2 N–H and O–H groups in total. The molecule has 0 saturated heterocycles. The number of aryl methyl sites for hydroxylation is 1. The lowest BCUT2D eigenvalue weighted by atomic mass is 9.96. The molecule has 1 amide bonds. The van der Waals surface area contributed by atoms with Crippen LogP contribution in [0.25, 0.3) is 10.9 Å². The third-order valence-electron chi connectivity index (χ3n) is 4.91. The third kappa shape index (κ3) is 3.25. The molecule has 0 fully saturated rings. The number of H-pyrrole nitrogens is 1. The van der Waals surface area contributed by atoms with E-state index in [1.54, 1.807) is 0 Å². The van der Waals surface area contributed by atoms with Gasteiger partial charge < -0.3 is 15.0 Å². The molecule has 0 aliphatic carbocycles. The van der Waals surface area contributed by atoms with Crippen LogP contribution in [0.15, 0.2) is 48.5 Å². The van der Waals surface area contributed by atoms with Gasteiger partial charge in [-0.05, 0) is 36.6 Å². The van der Waals surface area contributed by atoms with E-state index in [1.165, 1.54) is 5.56 Å². The normalized spacial score (nSPS) is 16.3. The summed E-state index contributed by atoms with van der Waals surface area (Å²) in [5.41, 5.74) is 4.45. The summed E-state index contributed by atoms with van der Waals surface area (Å²) in [4.78, 5) is 15.8. The van der Waals surface area contributed by atoms with E-state index in [1.807, 2.05) is 43.3 Å². The van der Waals surface area contributed by atoms with Gasteiger partial charge >= 0.3 is 0 Å². The topological polar surface area (TPSA) is 54.1 Å². The van der Waals surface area contributed by atoms with E-state index in [9.17, 15) is 4.79 Å². The minimum atomic E-state index is 0.0618. The van der Waals surface area contributed by atoms with Gasteiger partial charge in [0.05, 0.1) is 13.0 Å². The number of benzene rings is 2. The first-order valence-corrected chi connectivity index (χ1v) is 8.74. The highest BCUT2D eigenvalue weighted by molar-refractivity contribution is 5.90. The van der Waals surface area contributed by atoms with Crippen molar-refractivity contribution in [3.05, 3.63) is 65.4 Å². The molecule has 4 nitrogen and oxygen atoms in total. The van der Waals surface area contributed by atoms with Crippen LogP contribution in [0.1, 0.15) is 16.8 Å². The number of rotatable bonds is 4. The number of aromatic nitrogens is 1.